The molecular weight excluding hydrogens is 336 g/mol. The number of nitrogens with two attached hydrogens (primary N) is 1. The number of amides is 1. The number of hydrogen-bond acceptors (Lipinski definition) is 4. The first-order valence-corrected chi connectivity index (χ1v) is 7.14. The van der Waals surface area contributed by atoms with Gasteiger partial charge in [0.1, 0.15) is 0 Å². The van der Waals surface area contributed by atoms with Crippen molar-refractivity contribution in [3.63, 3.8) is 0 Å². The summed E-state index contributed by atoms with van der Waals surface area (Å²) in [6.45, 7) is 0.875. The molecule has 0 bridgehead atoms. The van der Waals surface area contributed by atoms with Crippen LogP contribution in [0.25, 0.3) is 0 Å². The molecule has 3 N–H and O–H groups in total. The minimum Gasteiger partial charge on any atom is -0.454 e. The standard InChI is InChI=1S/C15H13BrN2O3/c16-12-6-14-13(20-8-21-14)5-10(12)7-18-11-3-1-9(2-4-11)15(17)19/h1-6,18H,7-8H2,(H2,17,19). The van der Waals surface area contributed by atoms with Crippen LogP contribution in [0.3, 0.4) is 0 Å². The van der Waals surface area contributed by atoms with E-state index in [2.05, 4.69) is 21.2 Å². The Morgan fingerprint density at radius 3 is 2.52 bits per heavy atom. The first-order chi connectivity index (χ1) is 10.1. The van der Waals surface area contributed by atoms with E-state index in [-0.39, 0.29) is 6.79 Å². The lowest BCUT2D eigenvalue weighted by Crippen LogP contribution is -2.10. The quantitative estimate of drug-likeness (QED) is 0.890. The number of rotatable bonds is 4. The van der Waals surface area contributed by atoms with Crippen LogP contribution in [0.1, 0.15) is 15.9 Å². The molecule has 0 unspecified atom stereocenters. The van der Waals surface area contributed by atoms with E-state index in [1.807, 2.05) is 24.3 Å². The van der Waals surface area contributed by atoms with E-state index in [0.29, 0.717) is 12.1 Å². The van der Waals surface area contributed by atoms with E-state index in [9.17, 15) is 4.79 Å². The molecule has 1 heterocycles. The van der Waals surface area contributed by atoms with E-state index in [1.54, 1.807) is 12.1 Å². The summed E-state index contributed by atoms with van der Waals surface area (Å²) in [5.41, 5.74) is 7.66. The smallest absolute Gasteiger partial charge is 0.248 e. The van der Waals surface area contributed by atoms with Gasteiger partial charge in [0.2, 0.25) is 12.7 Å². The summed E-state index contributed by atoms with van der Waals surface area (Å²) < 4.78 is 11.6. The van der Waals surface area contributed by atoms with E-state index in [0.717, 1.165) is 27.2 Å². The number of hydrogen-bond donors (Lipinski definition) is 2. The third kappa shape index (κ3) is 2.95. The molecule has 6 heteroatoms. The third-order valence-corrected chi connectivity index (χ3v) is 3.93. The van der Waals surface area contributed by atoms with Gasteiger partial charge in [-0.2, -0.15) is 0 Å². The second-order valence-corrected chi connectivity index (χ2v) is 5.45. The zero-order valence-electron chi connectivity index (χ0n) is 11.1. The van der Waals surface area contributed by atoms with Crippen LogP contribution < -0.4 is 20.5 Å². The lowest BCUT2D eigenvalue weighted by Gasteiger charge is -2.09. The van der Waals surface area contributed by atoms with Gasteiger partial charge in [-0.3, -0.25) is 4.79 Å². The van der Waals surface area contributed by atoms with Crippen molar-refractivity contribution in [1.29, 1.82) is 0 Å². The number of halogens is 1. The summed E-state index contributed by atoms with van der Waals surface area (Å²) in [5.74, 6) is 1.07. The molecule has 2 aromatic carbocycles. The summed E-state index contributed by atoms with van der Waals surface area (Å²) in [4.78, 5) is 11.0. The molecule has 0 radical (unpaired) electrons. The van der Waals surface area contributed by atoms with Gasteiger partial charge in [0, 0.05) is 22.3 Å². The molecule has 1 aliphatic rings. The molecule has 1 aliphatic heterocycles. The van der Waals surface area contributed by atoms with E-state index in [4.69, 9.17) is 15.2 Å². The van der Waals surface area contributed by atoms with Crippen molar-refractivity contribution in [3.05, 3.63) is 52.0 Å². The number of carbonyl (C=O) groups is 1. The van der Waals surface area contributed by atoms with Crippen molar-refractivity contribution in [1.82, 2.24) is 0 Å². The molecule has 0 aliphatic carbocycles. The number of carbonyl (C=O) groups excluding carboxylic acids is 1. The minimum atomic E-state index is -0.430. The van der Waals surface area contributed by atoms with Gasteiger partial charge < -0.3 is 20.5 Å². The van der Waals surface area contributed by atoms with Gasteiger partial charge in [0.25, 0.3) is 0 Å². The molecule has 0 saturated carbocycles. The second kappa shape index (κ2) is 5.65. The number of ether oxygens (including phenoxy) is 2. The topological polar surface area (TPSA) is 73.6 Å². The van der Waals surface area contributed by atoms with E-state index < -0.39 is 5.91 Å². The van der Waals surface area contributed by atoms with Gasteiger partial charge in [-0.15, -0.1) is 0 Å². The molecule has 0 fully saturated rings. The van der Waals surface area contributed by atoms with Gasteiger partial charge in [-0.05, 0) is 42.0 Å². The second-order valence-electron chi connectivity index (χ2n) is 4.59. The lowest BCUT2D eigenvalue weighted by molar-refractivity contribution is 0.100. The van der Waals surface area contributed by atoms with Crippen LogP contribution in [0.15, 0.2) is 40.9 Å². The van der Waals surface area contributed by atoms with Crippen molar-refractivity contribution >= 4 is 27.5 Å². The summed E-state index contributed by atoms with van der Waals surface area (Å²) in [6, 6.07) is 10.9. The van der Waals surface area contributed by atoms with E-state index >= 15 is 0 Å². The van der Waals surface area contributed by atoms with Crippen LogP contribution in [0.4, 0.5) is 5.69 Å². The third-order valence-electron chi connectivity index (χ3n) is 3.19. The molecule has 2 aromatic rings. The number of nitrogens with one attached hydrogen (secondary N) is 1. The molecule has 1 amide bonds. The van der Waals surface area contributed by atoms with Crippen LogP contribution in [-0.4, -0.2) is 12.7 Å². The van der Waals surface area contributed by atoms with Crippen LogP contribution in [0.5, 0.6) is 11.5 Å². The van der Waals surface area contributed by atoms with Crippen molar-refractivity contribution in [2.75, 3.05) is 12.1 Å². The van der Waals surface area contributed by atoms with Crippen LogP contribution in [0, 0.1) is 0 Å². The first-order valence-electron chi connectivity index (χ1n) is 6.35. The number of benzene rings is 2. The largest absolute Gasteiger partial charge is 0.454 e. The summed E-state index contributed by atoms with van der Waals surface area (Å²) >= 11 is 3.52. The minimum absolute atomic E-state index is 0.257. The van der Waals surface area contributed by atoms with Crippen molar-refractivity contribution in [3.8, 4) is 11.5 Å². The first kappa shape index (κ1) is 13.8. The Morgan fingerprint density at radius 1 is 1.19 bits per heavy atom. The Kier molecular flexibility index (Phi) is 3.70. The fourth-order valence-electron chi connectivity index (χ4n) is 2.04. The predicted octanol–water partition coefficient (Wildman–Crippen LogP) is 2.89. The molecule has 5 nitrogen and oxygen atoms in total. The molecule has 21 heavy (non-hydrogen) atoms. The highest BCUT2D eigenvalue weighted by atomic mass is 79.9. The van der Waals surface area contributed by atoms with Gasteiger partial charge >= 0.3 is 0 Å². The van der Waals surface area contributed by atoms with Gasteiger partial charge in [0.05, 0.1) is 0 Å². The van der Waals surface area contributed by atoms with E-state index in [1.165, 1.54) is 0 Å². The number of anilines is 1. The average Bonchev–Trinajstić information content (AvgIpc) is 2.92. The Morgan fingerprint density at radius 2 is 1.86 bits per heavy atom. The summed E-state index contributed by atoms with van der Waals surface area (Å²) in [7, 11) is 0. The fraction of sp³-hybridized carbons (Fsp3) is 0.133. The molecule has 0 saturated heterocycles. The monoisotopic (exact) mass is 348 g/mol. The van der Waals surface area contributed by atoms with Gasteiger partial charge in [-0.25, -0.2) is 0 Å². The molecule has 0 aromatic heterocycles. The highest BCUT2D eigenvalue weighted by Gasteiger charge is 2.16. The number of primary amides is 1. The Labute approximate surface area is 130 Å². The van der Waals surface area contributed by atoms with Crippen molar-refractivity contribution in [2.24, 2.45) is 5.73 Å². The predicted molar refractivity (Wildman–Crippen MR) is 82.6 cm³/mol. The zero-order valence-corrected chi connectivity index (χ0v) is 12.6. The van der Waals surface area contributed by atoms with Crippen molar-refractivity contribution < 1.29 is 14.3 Å². The maximum Gasteiger partial charge on any atom is 0.248 e. The maximum absolute atomic E-state index is 11.0. The van der Waals surface area contributed by atoms with Crippen molar-refractivity contribution in [2.45, 2.75) is 6.54 Å². The highest BCUT2D eigenvalue weighted by molar-refractivity contribution is 9.10. The van der Waals surface area contributed by atoms with Crippen LogP contribution in [0.2, 0.25) is 0 Å². The molecule has 3 rings (SSSR count). The molecule has 0 atom stereocenters. The van der Waals surface area contributed by atoms with Gasteiger partial charge in [0.15, 0.2) is 11.5 Å². The Hall–Kier alpha value is -2.21. The van der Waals surface area contributed by atoms with Crippen LogP contribution in [-0.2, 0) is 6.54 Å². The Bertz CT molecular complexity index is 686. The van der Waals surface area contributed by atoms with Gasteiger partial charge in [-0.1, -0.05) is 15.9 Å². The lowest BCUT2D eigenvalue weighted by atomic mass is 10.1. The Balaban J connectivity index is 1.71. The molecule has 0 spiro atoms. The molecular formula is C15H13BrN2O3. The summed E-state index contributed by atoms with van der Waals surface area (Å²) in [6.07, 6.45) is 0. The normalized spacial score (nSPS) is 12.2. The van der Waals surface area contributed by atoms with Crippen LogP contribution >= 0.6 is 15.9 Å². The SMILES string of the molecule is NC(=O)c1ccc(NCc2cc3c(cc2Br)OCO3)cc1. The summed E-state index contributed by atoms with van der Waals surface area (Å²) in [5, 5.41) is 3.28. The fourth-order valence-corrected chi connectivity index (χ4v) is 2.51. The highest BCUT2D eigenvalue weighted by Crippen LogP contribution is 2.37. The maximum atomic E-state index is 11.0. The number of fused-ring (bicyclic) bond motifs is 1. The average molecular weight is 349 g/mol. The zero-order chi connectivity index (χ0) is 14.8. The molecule has 108 valence electrons.